The molecule has 1 unspecified atom stereocenters. The summed E-state index contributed by atoms with van der Waals surface area (Å²) in [7, 11) is 1.62. The van der Waals surface area contributed by atoms with Gasteiger partial charge in [0.05, 0.1) is 17.7 Å². The van der Waals surface area contributed by atoms with Crippen LogP contribution in [0.2, 0.25) is 0 Å². The van der Waals surface area contributed by atoms with E-state index < -0.39 is 6.04 Å². The van der Waals surface area contributed by atoms with Crippen LogP contribution in [-0.2, 0) is 9.59 Å². The highest BCUT2D eigenvalue weighted by atomic mass is 32.1. The van der Waals surface area contributed by atoms with Gasteiger partial charge in [0.2, 0.25) is 5.91 Å². The molecule has 0 bridgehead atoms. The predicted molar refractivity (Wildman–Crippen MR) is 131 cm³/mol. The summed E-state index contributed by atoms with van der Waals surface area (Å²) < 4.78 is 1.97. The Morgan fingerprint density at radius 2 is 1.68 bits per heavy atom. The van der Waals surface area contributed by atoms with Crippen molar-refractivity contribution < 1.29 is 14.4 Å². The normalized spacial score (nSPS) is 21.9. The van der Waals surface area contributed by atoms with E-state index in [1.54, 1.807) is 7.05 Å². The SMILES string of the molecule is CN1C(=O)C(CC(=O)N2CCC3(CCN(C(=O)c4ccccc4-n4cccc4)CC3)C2)NC1=S. The number of amides is 3. The maximum Gasteiger partial charge on any atom is 0.255 e. The van der Waals surface area contributed by atoms with E-state index in [9.17, 15) is 14.4 Å². The van der Waals surface area contributed by atoms with Crippen molar-refractivity contribution in [3.63, 3.8) is 0 Å². The lowest BCUT2D eigenvalue weighted by atomic mass is 9.77. The molecule has 8 nitrogen and oxygen atoms in total. The van der Waals surface area contributed by atoms with Crippen molar-refractivity contribution in [2.75, 3.05) is 33.2 Å². The fourth-order valence-corrected chi connectivity index (χ4v) is 5.60. The second-order valence-corrected chi connectivity index (χ2v) is 9.96. The number of thiocarbonyl (C=S) groups is 1. The Bertz CT molecular complexity index is 1120. The van der Waals surface area contributed by atoms with Gasteiger partial charge in [-0.3, -0.25) is 19.3 Å². The third-order valence-corrected chi connectivity index (χ3v) is 7.92. The second-order valence-electron chi connectivity index (χ2n) is 9.57. The molecule has 1 aromatic heterocycles. The van der Waals surface area contributed by atoms with Crippen LogP contribution in [-0.4, -0.2) is 81.4 Å². The quantitative estimate of drug-likeness (QED) is 0.679. The lowest BCUT2D eigenvalue weighted by Crippen LogP contribution is -2.45. The molecule has 0 aliphatic carbocycles. The molecule has 3 fully saturated rings. The van der Waals surface area contributed by atoms with E-state index in [-0.39, 0.29) is 29.6 Å². The van der Waals surface area contributed by atoms with Gasteiger partial charge >= 0.3 is 0 Å². The molecule has 1 atom stereocenters. The van der Waals surface area contributed by atoms with E-state index in [0.29, 0.717) is 36.9 Å². The first kappa shape index (κ1) is 22.6. The van der Waals surface area contributed by atoms with Crippen LogP contribution >= 0.6 is 12.2 Å². The molecule has 3 aliphatic heterocycles. The number of aromatic nitrogens is 1. The van der Waals surface area contributed by atoms with E-state index >= 15 is 0 Å². The number of nitrogens with one attached hydrogen (secondary N) is 1. The fourth-order valence-electron chi connectivity index (χ4n) is 5.37. The van der Waals surface area contributed by atoms with Crippen LogP contribution in [0.15, 0.2) is 48.8 Å². The monoisotopic (exact) mass is 479 g/mol. The number of likely N-dealkylation sites (N-methyl/N-ethyl adjacent to an activating group) is 1. The summed E-state index contributed by atoms with van der Waals surface area (Å²) in [6.45, 7) is 2.75. The molecule has 0 saturated carbocycles. The summed E-state index contributed by atoms with van der Waals surface area (Å²) in [4.78, 5) is 43.7. The highest BCUT2D eigenvalue weighted by molar-refractivity contribution is 7.80. The van der Waals surface area contributed by atoms with Crippen molar-refractivity contribution in [3.05, 3.63) is 54.4 Å². The van der Waals surface area contributed by atoms with Crippen molar-refractivity contribution in [1.82, 2.24) is 24.6 Å². The van der Waals surface area contributed by atoms with Crippen LogP contribution in [0, 0.1) is 5.41 Å². The van der Waals surface area contributed by atoms with Gasteiger partial charge in [-0.25, -0.2) is 0 Å². The van der Waals surface area contributed by atoms with Gasteiger partial charge in [0.25, 0.3) is 11.8 Å². The van der Waals surface area contributed by atoms with Gasteiger partial charge in [0, 0.05) is 45.6 Å². The minimum absolute atomic E-state index is 0.0139. The maximum absolute atomic E-state index is 13.4. The van der Waals surface area contributed by atoms with E-state index in [2.05, 4.69) is 5.32 Å². The summed E-state index contributed by atoms with van der Waals surface area (Å²) in [5.41, 5.74) is 1.64. The van der Waals surface area contributed by atoms with E-state index in [1.165, 1.54) is 4.90 Å². The first-order valence-electron chi connectivity index (χ1n) is 11.7. The molecule has 1 aromatic carbocycles. The van der Waals surface area contributed by atoms with Gasteiger partial charge in [-0.1, -0.05) is 12.1 Å². The van der Waals surface area contributed by atoms with Crippen molar-refractivity contribution in [1.29, 1.82) is 0 Å². The Labute approximate surface area is 204 Å². The summed E-state index contributed by atoms with van der Waals surface area (Å²) in [6, 6.07) is 11.0. The van der Waals surface area contributed by atoms with E-state index in [0.717, 1.165) is 24.9 Å². The molecular weight excluding hydrogens is 450 g/mol. The lowest BCUT2D eigenvalue weighted by Gasteiger charge is -2.39. The summed E-state index contributed by atoms with van der Waals surface area (Å²) >= 11 is 5.11. The topological polar surface area (TPSA) is 77.9 Å². The zero-order chi connectivity index (χ0) is 23.9. The average molecular weight is 480 g/mol. The molecule has 3 aliphatic rings. The Hall–Kier alpha value is -3.20. The fraction of sp³-hybridized carbons (Fsp3) is 0.440. The maximum atomic E-state index is 13.4. The number of para-hydroxylation sites is 1. The first-order chi connectivity index (χ1) is 16.4. The van der Waals surface area contributed by atoms with Crippen molar-refractivity contribution in [2.24, 2.45) is 5.41 Å². The summed E-state index contributed by atoms with van der Waals surface area (Å²) in [5.74, 6) is -0.116. The molecule has 4 heterocycles. The minimum Gasteiger partial charge on any atom is -0.350 e. The van der Waals surface area contributed by atoms with Gasteiger partial charge < -0.3 is 19.7 Å². The van der Waals surface area contributed by atoms with Gasteiger partial charge in [-0.15, -0.1) is 0 Å². The highest BCUT2D eigenvalue weighted by Crippen LogP contribution is 2.41. The highest BCUT2D eigenvalue weighted by Gasteiger charge is 2.44. The Morgan fingerprint density at radius 1 is 1.03 bits per heavy atom. The Morgan fingerprint density at radius 3 is 2.32 bits per heavy atom. The molecule has 1 spiro atoms. The molecule has 0 radical (unpaired) electrons. The predicted octanol–water partition coefficient (Wildman–Crippen LogP) is 2.04. The molecule has 3 amide bonds. The number of carbonyl (C=O) groups is 3. The van der Waals surface area contributed by atoms with Crippen molar-refractivity contribution >= 4 is 35.1 Å². The third kappa shape index (κ3) is 4.09. The molecule has 9 heteroatoms. The van der Waals surface area contributed by atoms with Crippen LogP contribution in [0.1, 0.15) is 36.0 Å². The molecule has 1 N–H and O–H groups in total. The van der Waals surface area contributed by atoms with Gasteiger partial charge in [-0.05, 0) is 61.2 Å². The number of hydrogen-bond donors (Lipinski definition) is 1. The Balaban J connectivity index is 1.19. The van der Waals surface area contributed by atoms with Crippen LogP contribution in [0.25, 0.3) is 5.69 Å². The number of carbonyl (C=O) groups excluding carboxylic acids is 3. The van der Waals surface area contributed by atoms with Crippen molar-refractivity contribution in [3.8, 4) is 5.69 Å². The molecular formula is C25H29N5O3S. The second kappa shape index (κ2) is 8.87. The van der Waals surface area contributed by atoms with E-state index in [4.69, 9.17) is 12.2 Å². The molecule has 34 heavy (non-hydrogen) atoms. The zero-order valence-electron chi connectivity index (χ0n) is 19.3. The van der Waals surface area contributed by atoms with Crippen LogP contribution in [0.5, 0.6) is 0 Å². The number of likely N-dealkylation sites (tertiary alicyclic amines) is 2. The van der Waals surface area contributed by atoms with Gasteiger partial charge in [-0.2, -0.15) is 0 Å². The first-order valence-corrected chi connectivity index (χ1v) is 12.2. The van der Waals surface area contributed by atoms with Crippen LogP contribution < -0.4 is 5.32 Å². The number of nitrogens with zero attached hydrogens (tertiary/aromatic N) is 4. The van der Waals surface area contributed by atoms with Crippen LogP contribution in [0.4, 0.5) is 0 Å². The van der Waals surface area contributed by atoms with Gasteiger partial charge in [0.1, 0.15) is 6.04 Å². The minimum atomic E-state index is -0.568. The number of piperidine rings is 1. The number of rotatable bonds is 4. The third-order valence-electron chi connectivity index (χ3n) is 7.53. The standard InChI is InChI=1S/C25H29N5O3S/c1-27-23(33)19(26-24(27)34)16-21(31)30-15-10-25(17-30)8-13-29(14-9-25)22(32)18-6-2-3-7-20(18)28-11-4-5-12-28/h2-7,11-12,19H,8-10,13-17H2,1H3,(H,26,34). The lowest BCUT2D eigenvalue weighted by molar-refractivity contribution is -0.135. The van der Waals surface area contributed by atoms with Gasteiger partial charge in [0.15, 0.2) is 5.11 Å². The van der Waals surface area contributed by atoms with E-state index in [1.807, 2.05) is 63.2 Å². The summed E-state index contributed by atoms with van der Waals surface area (Å²) in [6.07, 6.45) is 6.71. The summed E-state index contributed by atoms with van der Waals surface area (Å²) in [5, 5.41) is 3.31. The number of hydrogen-bond acceptors (Lipinski definition) is 4. The number of benzene rings is 1. The largest absolute Gasteiger partial charge is 0.350 e. The molecule has 178 valence electrons. The smallest absolute Gasteiger partial charge is 0.255 e. The average Bonchev–Trinajstić information content (AvgIpc) is 3.58. The van der Waals surface area contributed by atoms with Crippen molar-refractivity contribution in [2.45, 2.75) is 31.7 Å². The Kier molecular flexibility index (Phi) is 5.89. The molecule has 3 saturated heterocycles. The molecule has 5 rings (SSSR count). The zero-order valence-corrected chi connectivity index (χ0v) is 20.1. The van der Waals surface area contributed by atoms with Crippen LogP contribution in [0.3, 0.4) is 0 Å². The molecule has 2 aromatic rings.